The first-order chi connectivity index (χ1) is 11.4. The Morgan fingerprint density at radius 2 is 1.40 bits per heavy atom. The van der Waals surface area contributed by atoms with E-state index in [0.717, 1.165) is 6.54 Å². The van der Waals surface area contributed by atoms with Crippen molar-refractivity contribution in [3.05, 3.63) is 24.3 Å². The molecule has 10 heteroatoms. The van der Waals surface area contributed by atoms with Crippen LogP contribution in [0.1, 0.15) is 20.3 Å². The van der Waals surface area contributed by atoms with Crippen molar-refractivity contribution in [2.75, 3.05) is 40.5 Å². The molecule has 0 aliphatic rings. The van der Waals surface area contributed by atoms with Gasteiger partial charge in [0.05, 0.1) is 13.2 Å². The van der Waals surface area contributed by atoms with Gasteiger partial charge < -0.3 is 24.2 Å². The van der Waals surface area contributed by atoms with E-state index in [1.807, 2.05) is 19.0 Å². The number of carbonyl (C=O) groups is 2. The smallest absolute Gasteiger partial charge is 0.462 e. The molecule has 0 saturated carbocycles. The largest absolute Gasteiger partial charge is 0.469 e. The number of hydrogen-bond donors (Lipinski definition) is 2. The van der Waals surface area contributed by atoms with Gasteiger partial charge in [-0.1, -0.05) is 13.2 Å². The van der Waals surface area contributed by atoms with E-state index < -0.39 is 13.8 Å². The Labute approximate surface area is 148 Å². The number of carbonyl (C=O) groups excluding carboxylic acids is 2. The number of hydrogen-bond acceptors (Lipinski definition) is 7. The normalized spacial score (nSPS) is 10.5. The van der Waals surface area contributed by atoms with E-state index >= 15 is 0 Å². The molecule has 0 saturated heterocycles. The summed E-state index contributed by atoms with van der Waals surface area (Å²) >= 11 is 0. The van der Waals surface area contributed by atoms with Crippen molar-refractivity contribution >= 4 is 19.8 Å². The fourth-order valence-corrected chi connectivity index (χ4v) is 1.34. The quantitative estimate of drug-likeness (QED) is 0.249. The zero-order valence-corrected chi connectivity index (χ0v) is 16.1. The molecule has 0 aromatic rings. The molecule has 25 heavy (non-hydrogen) atoms. The second-order valence-corrected chi connectivity index (χ2v) is 6.55. The lowest BCUT2D eigenvalue weighted by Gasteiger charge is -2.09. The third kappa shape index (κ3) is 20.4. The van der Waals surface area contributed by atoms with Crippen LogP contribution in [0.2, 0.25) is 0 Å². The van der Waals surface area contributed by atoms with Crippen molar-refractivity contribution < 1.29 is 37.9 Å². The third-order valence-corrected chi connectivity index (χ3v) is 2.77. The zero-order valence-electron chi connectivity index (χ0n) is 15.2. The Morgan fingerprint density at radius 1 is 0.960 bits per heavy atom. The SMILES string of the molecule is C=C(C)C(=O)OCCCOP(=O)(O)O.C=C(C)C(=O)OCCN(C)C. The van der Waals surface area contributed by atoms with Gasteiger partial charge in [0, 0.05) is 24.1 Å². The van der Waals surface area contributed by atoms with Crippen molar-refractivity contribution in [3.63, 3.8) is 0 Å². The number of phosphoric acid groups is 1. The first-order valence-electron chi connectivity index (χ1n) is 7.37. The lowest BCUT2D eigenvalue weighted by molar-refractivity contribution is -0.140. The summed E-state index contributed by atoms with van der Waals surface area (Å²) < 4.78 is 23.8. The Bertz CT molecular complexity index is 498. The molecule has 0 aliphatic carbocycles. The predicted molar refractivity (Wildman–Crippen MR) is 92.7 cm³/mol. The summed E-state index contributed by atoms with van der Waals surface area (Å²) in [6, 6.07) is 0. The fourth-order valence-electron chi connectivity index (χ4n) is 0.975. The maximum Gasteiger partial charge on any atom is 0.469 e. The van der Waals surface area contributed by atoms with Crippen LogP contribution in [0, 0.1) is 0 Å². The minimum atomic E-state index is -4.41. The maximum atomic E-state index is 10.8. The molecule has 0 aliphatic heterocycles. The van der Waals surface area contributed by atoms with Crippen LogP contribution in [0.4, 0.5) is 0 Å². The molecule has 0 heterocycles. The minimum Gasteiger partial charge on any atom is -0.462 e. The molecular weight excluding hydrogens is 353 g/mol. The van der Waals surface area contributed by atoms with Gasteiger partial charge in [-0.3, -0.25) is 4.52 Å². The molecule has 0 atom stereocenters. The van der Waals surface area contributed by atoms with E-state index in [-0.39, 0.29) is 31.2 Å². The summed E-state index contributed by atoms with van der Waals surface area (Å²) in [6.07, 6.45) is 0.226. The number of rotatable bonds is 10. The highest BCUT2D eigenvalue weighted by Crippen LogP contribution is 2.35. The van der Waals surface area contributed by atoms with Gasteiger partial charge in [0.2, 0.25) is 0 Å². The van der Waals surface area contributed by atoms with E-state index in [1.54, 1.807) is 6.92 Å². The fraction of sp³-hybridized carbons (Fsp3) is 0.600. The van der Waals surface area contributed by atoms with Gasteiger partial charge in [0.15, 0.2) is 0 Å². The molecule has 146 valence electrons. The van der Waals surface area contributed by atoms with Crippen molar-refractivity contribution in [2.24, 2.45) is 0 Å². The van der Waals surface area contributed by atoms with Crippen LogP contribution >= 0.6 is 7.82 Å². The summed E-state index contributed by atoms with van der Waals surface area (Å²) in [5.74, 6) is -0.840. The van der Waals surface area contributed by atoms with E-state index in [9.17, 15) is 14.2 Å². The van der Waals surface area contributed by atoms with Gasteiger partial charge in [-0.2, -0.15) is 0 Å². The van der Waals surface area contributed by atoms with Crippen LogP contribution in [-0.2, 0) is 28.2 Å². The van der Waals surface area contributed by atoms with Crippen molar-refractivity contribution in [1.82, 2.24) is 4.90 Å². The molecule has 2 N–H and O–H groups in total. The summed E-state index contributed by atoms with van der Waals surface area (Å²) in [7, 11) is -0.556. The summed E-state index contributed by atoms with van der Waals surface area (Å²) in [6.45, 7) is 11.0. The highest BCUT2D eigenvalue weighted by molar-refractivity contribution is 7.46. The molecule has 0 amide bonds. The summed E-state index contributed by atoms with van der Waals surface area (Å²) in [4.78, 5) is 40.1. The van der Waals surface area contributed by atoms with E-state index in [1.165, 1.54) is 6.92 Å². The Balaban J connectivity index is 0. The predicted octanol–water partition coefficient (Wildman–Crippen LogP) is 1.27. The van der Waals surface area contributed by atoms with Crippen molar-refractivity contribution in [2.45, 2.75) is 20.3 Å². The van der Waals surface area contributed by atoms with Crippen LogP contribution in [0.25, 0.3) is 0 Å². The first kappa shape index (κ1) is 25.7. The molecule has 0 bridgehead atoms. The van der Waals surface area contributed by atoms with Crippen LogP contribution in [0.3, 0.4) is 0 Å². The molecule has 0 fully saturated rings. The van der Waals surface area contributed by atoms with Gasteiger partial charge in [-0.05, 0) is 27.9 Å². The minimum absolute atomic E-state index is 0.0473. The van der Waals surface area contributed by atoms with Crippen LogP contribution in [0.5, 0.6) is 0 Å². The molecule has 9 nitrogen and oxygen atoms in total. The molecule has 0 aromatic heterocycles. The van der Waals surface area contributed by atoms with E-state index in [4.69, 9.17) is 14.5 Å². The van der Waals surface area contributed by atoms with Crippen LogP contribution in [0.15, 0.2) is 24.3 Å². The number of likely N-dealkylation sites (N-methyl/N-ethyl adjacent to an activating group) is 1. The monoisotopic (exact) mass is 381 g/mol. The van der Waals surface area contributed by atoms with E-state index in [2.05, 4.69) is 22.4 Å². The molecular formula is C15H28NO8P. The average Bonchev–Trinajstić information content (AvgIpc) is 2.45. The molecule has 0 rings (SSSR count). The summed E-state index contributed by atoms with van der Waals surface area (Å²) in [5.41, 5.74) is 0.727. The standard InChI is InChI=1S/C8H15NO2.C7H13O6P/c1-7(2)8(10)11-6-5-9(3)4;1-6(2)7(8)12-4-3-5-13-14(9,10)11/h1,5-6H2,2-4H3;1,3-5H2,2H3,(H2,9,10,11). The lowest BCUT2D eigenvalue weighted by atomic mass is 10.4. The highest BCUT2D eigenvalue weighted by Gasteiger charge is 2.12. The molecule has 0 radical (unpaired) electrons. The highest BCUT2D eigenvalue weighted by atomic mass is 31.2. The number of ether oxygens (including phenoxy) is 2. The van der Waals surface area contributed by atoms with E-state index in [0.29, 0.717) is 12.2 Å². The van der Waals surface area contributed by atoms with Gasteiger partial charge in [-0.25, -0.2) is 14.2 Å². The van der Waals surface area contributed by atoms with Gasteiger partial charge in [-0.15, -0.1) is 0 Å². The second kappa shape index (κ2) is 13.7. The van der Waals surface area contributed by atoms with Crippen LogP contribution in [-0.4, -0.2) is 67.1 Å². The van der Waals surface area contributed by atoms with Gasteiger partial charge >= 0.3 is 19.8 Å². The Hall–Kier alpha value is -1.51. The molecule has 0 spiro atoms. The van der Waals surface area contributed by atoms with Gasteiger partial charge in [0.1, 0.15) is 6.61 Å². The average molecular weight is 381 g/mol. The maximum absolute atomic E-state index is 10.8. The molecule has 0 unspecified atom stereocenters. The third-order valence-electron chi connectivity index (χ3n) is 2.25. The van der Waals surface area contributed by atoms with Crippen molar-refractivity contribution in [3.8, 4) is 0 Å². The first-order valence-corrected chi connectivity index (χ1v) is 8.90. The Morgan fingerprint density at radius 3 is 1.76 bits per heavy atom. The van der Waals surface area contributed by atoms with Gasteiger partial charge in [0.25, 0.3) is 0 Å². The van der Waals surface area contributed by atoms with Crippen molar-refractivity contribution in [1.29, 1.82) is 0 Å². The number of nitrogens with zero attached hydrogens (tertiary/aromatic N) is 1. The number of esters is 2. The second-order valence-electron chi connectivity index (χ2n) is 5.31. The Kier molecular flexibility index (Phi) is 14.1. The lowest BCUT2D eigenvalue weighted by Crippen LogP contribution is -2.20. The van der Waals surface area contributed by atoms with Crippen LogP contribution < -0.4 is 0 Å². The topological polar surface area (TPSA) is 123 Å². The summed E-state index contributed by atoms with van der Waals surface area (Å²) in [5, 5.41) is 0. The number of phosphoric ester groups is 1. The zero-order chi connectivity index (χ0) is 20.0. The molecule has 0 aromatic carbocycles.